The van der Waals surface area contributed by atoms with Crippen molar-refractivity contribution in [2.45, 2.75) is 39.5 Å². The average molecular weight is 715 g/mol. The fourth-order valence-corrected chi connectivity index (χ4v) is 6.77. The van der Waals surface area contributed by atoms with Crippen LogP contribution in [0.25, 0.3) is 68.6 Å². The molecule has 8 bridgehead atoms. The molecule has 0 amide bonds. The van der Waals surface area contributed by atoms with Gasteiger partial charge in [0.15, 0.2) is 11.6 Å². The zero-order valence-electron chi connectivity index (χ0n) is 30.9. The van der Waals surface area contributed by atoms with Crippen LogP contribution in [0, 0.1) is 0 Å². The van der Waals surface area contributed by atoms with Crippen LogP contribution in [0.15, 0.2) is 97.1 Å². The Balaban J connectivity index is 1.61. The molecule has 0 aliphatic carbocycles. The van der Waals surface area contributed by atoms with Gasteiger partial charge in [-0.2, -0.15) is 0 Å². The molecule has 2 aliphatic rings. The Morgan fingerprint density at radius 3 is 1.39 bits per heavy atom. The zero-order valence-corrected chi connectivity index (χ0v) is 30.9. The molecule has 270 valence electrons. The molecule has 0 saturated heterocycles. The van der Waals surface area contributed by atoms with E-state index in [0.717, 1.165) is 89.7 Å². The van der Waals surface area contributed by atoms with Crippen molar-refractivity contribution in [3.05, 3.63) is 131 Å². The van der Waals surface area contributed by atoms with Crippen LogP contribution in [-0.4, -0.2) is 45.7 Å². The number of aromatic amines is 2. The predicted molar refractivity (Wildman–Crippen MR) is 219 cm³/mol. The molecule has 2 aliphatic heterocycles. The summed E-state index contributed by atoms with van der Waals surface area (Å²) < 4.78 is 11.3. The van der Waals surface area contributed by atoms with E-state index in [1.54, 1.807) is 26.4 Å². The van der Waals surface area contributed by atoms with Crippen molar-refractivity contribution < 1.29 is 19.1 Å². The Hall–Kier alpha value is -6.54. The molecule has 5 heterocycles. The minimum atomic E-state index is 0.0682. The summed E-state index contributed by atoms with van der Waals surface area (Å²) in [7, 11) is 3.32. The van der Waals surface area contributed by atoms with Crippen molar-refractivity contribution in [2.24, 2.45) is 0 Å². The fourth-order valence-electron chi connectivity index (χ4n) is 6.77. The fraction of sp³-hybridized carbons (Fsp3) is 0.174. The van der Waals surface area contributed by atoms with Gasteiger partial charge in [-0.25, -0.2) is 9.97 Å². The minimum Gasteiger partial charge on any atom is -0.497 e. The van der Waals surface area contributed by atoms with Gasteiger partial charge in [-0.05, 0) is 109 Å². The minimum absolute atomic E-state index is 0.0682. The third-order valence-electron chi connectivity index (χ3n) is 9.64. The number of H-pyrrole nitrogens is 2. The van der Waals surface area contributed by atoms with Crippen LogP contribution in [0.4, 0.5) is 0 Å². The van der Waals surface area contributed by atoms with Crippen molar-refractivity contribution in [1.82, 2.24) is 19.9 Å². The third kappa shape index (κ3) is 7.50. The highest BCUT2D eigenvalue weighted by molar-refractivity contribution is 5.95. The summed E-state index contributed by atoms with van der Waals surface area (Å²) in [6.45, 7) is 3.72. The van der Waals surface area contributed by atoms with E-state index in [9.17, 15) is 9.59 Å². The molecule has 0 saturated carbocycles. The number of ketones is 2. The molecule has 2 N–H and O–H groups in total. The van der Waals surface area contributed by atoms with Crippen LogP contribution in [0.3, 0.4) is 0 Å². The lowest BCUT2D eigenvalue weighted by Gasteiger charge is -2.07. The van der Waals surface area contributed by atoms with Crippen LogP contribution < -0.4 is 9.47 Å². The van der Waals surface area contributed by atoms with E-state index in [-0.39, 0.29) is 11.6 Å². The number of nitrogens with zero attached hydrogens (tertiary/aromatic N) is 2. The molecule has 0 unspecified atom stereocenters. The molecule has 3 aromatic heterocycles. The maximum Gasteiger partial charge on any atom is 0.155 e. The molecular formula is C46H42N4O4. The first-order valence-corrected chi connectivity index (χ1v) is 18.2. The van der Waals surface area contributed by atoms with Gasteiger partial charge in [0.05, 0.1) is 37.0 Å². The Morgan fingerprint density at radius 1 is 0.574 bits per heavy atom. The number of fused-ring (bicyclic) bond motifs is 8. The highest BCUT2D eigenvalue weighted by Crippen LogP contribution is 2.36. The molecule has 7 rings (SSSR count). The summed E-state index contributed by atoms with van der Waals surface area (Å²) in [5, 5.41) is 0. The van der Waals surface area contributed by atoms with E-state index in [1.807, 2.05) is 86.7 Å². The van der Waals surface area contributed by atoms with Crippen LogP contribution in [0.2, 0.25) is 0 Å². The van der Waals surface area contributed by atoms with Crippen molar-refractivity contribution in [3.63, 3.8) is 0 Å². The van der Waals surface area contributed by atoms with Gasteiger partial charge in [0.2, 0.25) is 0 Å². The van der Waals surface area contributed by atoms with E-state index < -0.39 is 0 Å². The smallest absolute Gasteiger partial charge is 0.155 e. The molecule has 0 atom stereocenters. The normalized spacial score (nSPS) is 12.2. The summed E-state index contributed by atoms with van der Waals surface area (Å²) >= 11 is 0. The number of nitrogens with one attached hydrogen (secondary N) is 2. The standard InChI is InChI=1S/C46H42N4O4/c1-5-31(51)13-9-17-35-37-19-23-41(47-37)45(29-11-7-15-33(27-29)53-3)43-25-21-39(49-43)36(18-10-14-32(52)6-2)40-22-26-44(50-40)46(42-24-20-38(35)48-42)30-12-8-16-34(28-30)54-4/h7-16,19-28,47,50H,5-6,17-18H2,1-4H3/b13-9+,14-10+,37-35?,38-35?,39-36?,40-36?,45-41?,45-43?,46-42?,46-44?. The number of allylic oxidation sites excluding steroid dienone is 4. The number of hydrogen-bond acceptors (Lipinski definition) is 6. The van der Waals surface area contributed by atoms with Gasteiger partial charge in [0.25, 0.3) is 0 Å². The number of hydrogen-bond donors (Lipinski definition) is 2. The van der Waals surface area contributed by atoms with E-state index in [2.05, 4.69) is 46.4 Å². The van der Waals surface area contributed by atoms with Gasteiger partial charge in [-0.3, -0.25) is 9.59 Å². The highest BCUT2D eigenvalue weighted by atomic mass is 16.5. The van der Waals surface area contributed by atoms with Gasteiger partial charge in [0, 0.05) is 57.2 Å². The molecule has 0 radical (unpaired) electrons. The van der Waals surface area contributed by atoms with Crippen LogP contribution in [-0.2, 0) is 22.4 Å². The molecule has 0 fully saturated rings. The largest absolute Gasteiger partial charge is 0.497 e. The SMILES string of the molecule is CCC(=O)/C=C/Cc1c2nc(c(-c3cccc(OC)c3)c3ccc([nH]3)c(C/C=C/C(=O)CC)c3nc(c(-c4cccc(OC)c4)c4ccc1[nH]4)C=C3)C=C2. The van der Waals surface area contributed by atoms with E-state index in [1.165, 1.54) is 0 Å². The molecule has 8 heteroatoms. The van der Waals surface area contributed by atoms with Crippen molar-refractivity contribution in [1.29, 1.82) is 0 Å². The number of methoxy groups -OCH3 is 2. The number of aromatic nitrogens is 4. The number of benzene rings is 2. The summed E-state index contributed by atoms with van der Waals surface area (Å²) in [5.41, 5.74) is 12.2. The topological polar surface area (TPSA) is 110 Å². The van der Waals surface area contributed by atoms with Gasteiger partial charge in [0.1, 0.15) is 11.5 Å². The van der Waals surface area contributed by atoms with E-state index >= 15 is 0 Å². The first-order valence-electron chi connectivity index (χ1n) is 18.2. The zero-order chi connectivity index (χ0) is 37.6. The van der Waals surface area contributed by atoms with E-state index in [4.69, 9.17) is 19.4 Å². The Kier molecular flexibility index (Phi) is 10.6. The van der Waals surface area contributed by atoms with Crippen molar-refractivity contribution in [3.8, 4) is 33.8 Å². The highest BCUT2D eigenvalue weighted by Gasteiger charge is 2.18. The Morgan fingerprint density at radius 2 is 0.981 bits per heavy atom. The van der Waals surface area contributed by atoms with Crippen LogP contribution in [0.5, 0.6) is 11.5 Å². The quantitative estimate of drug-likeness (QED) is 0.122. The number of carbonyl (C=O) groups is 2. The van der Waals surface area contributed by atoms with Gasteiger partial charge < -0.3 is 19.4 Å². The molecule has 0 spiro atoms. The summed E-state index contributed by atoms with van der Waals surface area (Å²) in [4.78, 5) is 42.6. The number of carbonyl (C=O) groups excluding carboxylic acids is 2. The second kappa shape index (κ2) is 16.0. The lowest BCUT2D eigenvalue weighted by molar-refractivity contribution is -0.115. The molecule has 5 aromatic rings. The molecule has 8 nitrogen and oxygen atoms in total. The molecule has 2 aromatic carbocycles. The maximum atomic E-state index is 12.3. The molecule has 54 heavy (non-hydrogen) atoms. The first-order chi connectivity index (χ1) is 26.4. The monoisotopic (exact) mass is 714 g/mol. The van der Waals surface area contributed by atoms with Gasteiger partial charge >= 0.3 is 0 Å². The third-order valence-corrected chi connectivity index (χ3v) is 9.64. The number of rotatable bonds is 12. The van der Waals surface area contributed by atoms with Crippen molar-refractivity contribution >= 4 is 57.9 Å². The van der Waals surface area contributed by atoms with Gasteiger partial charge in [-0.15, -0.1) is 0 Å². The first kappa shape index (κ1) is 35.8. The summed E-state index contributed by atoms with van der Waals surface area (Å²) in [6, 6.07) is 24.2. The van der Waals surface area contributed by atoms with Crippen molar-refractivity contribution in [2.75, 3.05) is 14.2 Å². The number of ether oxygens (including phenoxy) is 2. The lowest BCUT2D eigenvalue weighted by atomic mass is 10.0. The Labute approximate surface area is 314 Å². The Bertz CT molecular complexity index is 2370. The second-order valence-electron chi connectivity index (χ2n) is 13.0. The summed E-state index contributed by atoms with van der Waals surface area (Å²) in [5.74, 6) is 1.60. The summed E-state index contributed by atoms with van der Waals surface area (Å²) in [6.07, 6.45) is 17.1. The lowest BCUT2D eigenvalue weighted by Crippen LogP contribution is -1.93. The predicted octanol–water partition coefficient (Wildman–Crippen LogP) is 10.2. The van der Waals surface area contributed by atoms with E-state index in [0.29, 0.717) is 25.7 Å². The van der Waals surface area contributed by atoms with Gasteiger partial charge in [-0.1, -0.05) is 50.3 Å². The van der Waals surface area contributed by atoms with Crippen LogP contribution >= 0.6 is 0 Å². The molecular weight excluding hydrogens is 673 g/mol. The second-order valence-corrected chi connectivity index (χ2v) is 13.0. The maximum absolute atomic E-state index is 12.3. The van der Waals surface area contributed by atoms with Crippen LogP contribution in [0.1, 0.15) is 60.6 Å². The average Bonchev–Trinajstić information content (AvgIpc) is 4.05.